The summed E-state index contributed by atoms with van der Waals surface area (Å²) in [5.74, 6) is -2.15. The van der Waals surface area contributed by atoms with Gasteiger partial charge in [-0.15, -0.1) is 0 Å². The number of rotatable bonds is 7. The first-order valence-electron chi connectivity index (χ1n) is 7.79. The third-order valence-corrected chi connectivity index (χ3v) is 3.71. The fourth-order valence-corrected chi connectivity index (χ4v) is 2.19. The van der Waals surface area contributed by atoms with Gasteiger partial charge in [-0.05, 0) is 43.3 Å². The summed E-state index contributed by atoms with van der Waals surface area (Å²) in [6, 6.07) is 9.77. The second kappa shape index (κ2) is 9.77. The Bertz CT molecular complexity index is 857. The summed E-state index contributed by atoms with van der Waals surface area (Å²) in [7, 11) is 0. The lowest BCUT2D eigenvalue weighted by molar-refractivity contribution is -0.123. The Morgan fingerprint density at radius 2 is 1.81 bits per heavy atom. The van der Waals surface area contributed by atoms with Crippen molar-refractivity contribution < 1.29 is 23.1 Å². The topological polar surface area (TPSA) is 79.8 Å². The van der Waals surface area contributed by atoms with E-state index in [9.17, 15) is 18.4 Å². The van der Waals surface area contributed by atoms with E-state index in [1.54, 1.807) is 24.3 Å². The van der Waals surface area contributed by atoms with Gasteiger partial charge in [0.15, 0.2) is 6.61 Å². The Labute approximate surface area is 162 Å². The monoisotopic (exact) mass is 439 g/mol. The molecule has 0 fully saturated rings. The highest BCUT2D eigenvalue weighted by Crippen LogP contribution is 2.16. The predicted molar refractivity (Wildman–Crippen MR) is 100 cm³/mol. The minimum Gasteiger partial charge on any atom is -0.484 e. The van der Waals surface area contributed by atoms with E-state index >= 15 is 0 Å². The molecule has 2 rings (SSSR count). The molecule has 0 spiro atoms. The van der Waals surface area contributed by atoms with Crippen LogP contribution in [0, 0.1) is 11.6 Å². The molecular weight excluding hydrogens is 424 g/mol. The van der Waals surface area contributed by atoms with Crippen molar-refractivity contribution in [3.63, 3.8) is 0 Å². The van der Waals surface area contributed by atoms with E-state index in [0.29, 0.717) is 17.5 Å². The molecule has 0 saturated carbocycles. The summed E-state index contributed by atoms with van der Waals surface area (Å²) in [5.41, 5.74) is 2.42. The van der Waals surface area contributed by atoms with Crippen LogP contribution in [0.3, 0.4) is 0 Å². The number of anilines is 1. The molecule has 0 aliphatic rings. The molecule has 0 saturated heterocycles. The maximum Gasteiger partial charge on any atom is 0.277 e. The van der Waals surface area contributed by atoms with Gasteiger partial charge in [-0.1, -0.05) is 15.9 Å². The normalized spacial score (nSPS) is 11.0. The van der Waals surface area contributed by atoms with E-state index in [1.165, 1.54) is 6.92 Å². The van der Waals surface area contributed by atoms with Crippen LogP contribution in [0.4, 0.5) is 14.5 Å². The average Bonchev–Trinajstić information content (AvgIpc) is 2.62. The molecule has 0 bridgehead atoms. The third-order valence-electron chi connectivity index (χ3n) is 3.18. The lowest BCUT2D eigenvalue weighted by atomic mass is 10.2. The van der Waals surface area contributed by atoms with Crippen LogP contribution in [-0.4, -0.2) is 24.1 Å². The van der Waals surface area contributed by atoms with Crippen molar-refractivity contribution in [2.75, 3.05) is 11.9 Å². The Kier molecular flexibility index (Phi) is 7.42. The van der Waals surface area contributed by atoms with Crippen molar-refractivity contribution in [2.45, 2.75) is 13.3 Å². The molecule has 0 aromatic heterocycles. The van der Waals surface area contributed by atoms with Gasteiger partial charge in [0.05, 0.1) is 12.1 Å². The number of carbonyl (C=O) groups is 2. The molecule has 2 aromatic rings. The number of amides is 2. The molecule has 0 unspecified atom stereocenters. The highest BCUT2D eigenvalue weighted by atomic mass is 79.9. The van der Waals surface area contributed by atoms with Crippen molar-refractivity contribution in [1.82, 2.24) is 5.43 Å². The number of halogens is 3. The van der Waals surface area contributed by atoms with Gasteiger partial charge >= 0.3 is 0 Å². The smallest absolute Gasteiger partial charge is 0.277 e. The molecule has 2 amide bonds. The summed E-state index contributed by atoms with van der Waals surface area (Å²) < 4.78 is 32.5. The van der Waals surface area contributed by atoms with Gasteiger partial charge in [-0.2, -0.15) is 5.10 Å². The Hall–Kier alpha value is -2.81. The number of hydrogen-bond donors (Lipinski definition) is 2. The minimum absolute atomic E-state index is 0.138. The van der Waals surface area contributed by atoms with Crippen molar-refractivity contribution >= 4 is 39.1 Å². The van der Waals surface area contributed by atoms with Crippen molar-refractivity contribution in [2.24, 2.45) is 5.10 Å². The van der Waals surface area contributed by atoms with Crippen molar-refractivity contribution in [3.05, 3.63) is 58.6 Å². The standard InChI is InChI=1S/C18H16BrF2N3O3/c1-11(8-17(25)22-16-7-4-13(20)9-15(16)21)23-24-18(26)10-27-14-5-2-12(19)3-6-14/h2-7,9H,8,10H2,1H3,(H,22,25)(H,24,26)/b23-11+. The van der Waals surface area contributed by atoms with Crippen LogP contribution < -0.4 is 15.5 Å². The Morgan fingerprint density at radius 3 is 2.48 bits per heavy atom. The molecule has 142 valence electrons. The van der Waals surface area contributed by atoms with E-state index in [4.69, 9.17) is 4.74 Å². The first kappa shape index (κ1) is 20.5. The van der Waals surface area contributed by atoms with Crippen LogP contribution in [0.25, 0.3) is 0 Å². The molecule has 0 aliphatic heterocycles. The molecule has 6 nitrogen and oxygen atoms in total. The minimum atomic E-state index is -0.878. The third kappa shape index (κ3) is 7.14. The van der Waals surface area contributed by atoms with Gasteiger partial charge in [-0.3, -0.25) is 9.59 Å². The summed E-state index contributed by atoms with van der Waals surface area (Å²) in [6.45, 7) is 1.28. The Morgan fingerprint density at radius 1 is 1.11 bits per heavy atom. The number of hydrazone groups is 1. The van der Waals surface area contributed by atoms with Crippen LogP contribution in [0.1, 0.15) is 13.3 Å². The van der Waals surface area contributed by atoms with E-state index in [-0.39, 0.29) is 18.7 Å². The fraction of sp³-hybridized carbons (Fsp3) is 0.167. The van der Waals surface area contributed by atoms with Gasteiger partial charge in [0.25, 0.3) is 5.91 Å². The van der Waals surface area contributed by atoms with Crippen LogP contribution in [0.5, 0.6) is 5.75 Å². The lowest BCUT2D eigenvalue weighted by Crippen LogP contribution is -2.26. The molecule has 9 heteroatoms. The summed E-state index contributed by atoms with van der Waals surface area (Å²) in [5, 5.41) is 6.09. The zero-order valence-corrected chi connectivity index (χ0v) is 15.8. The van der Waals surface area contributed by atoms with E-state index in [1.807, 2.05) is 0 Å². The molecule has 2 N–H and O–H groups in total. The second-order valence-corrected chi connectivity index (χ2v) is 6.39. The molecule has 2 aromatic carbocycles. The van der Waals surface area contributed by atoms with E-state index < -0.39 is 23.4 Å². The van der Waals surface area contributed by atoms with Gasteiger partial charge in [0.2, 0.25) is 5.91 Å². The SMILES string of the molecule is C/C(CC(=O)Nc1ccc(F)cc1F)=N\NC(=O)COc1ccc(Br)cc1. The molecule has 0 heterocycles. The van der Waals surface area contributed by atoms with Crippen LogP contribution in [0.2, 0.25) is 0 Å². The zero-order valence-electron chi connectivity index (χ0n) is 14.3. The fourth-order valence-electron chi connectivity index (χ4n) is 1.93. The molecular formula is C18H16BrF2N3O3. The highest BCUT2D eigenvalue weighted by molar-refractivity contribution is 9.10. The number of nitrogens with zero attached hydrogens (tertiary/aromatic N) is 1. The first-order chi connectivity index (χ1) is 12.8. The van der Waals surface area contributed by atoms with E-state index in [0.717, 1.165) is 16.6 Å². The first-order valence-corrected chi connectivity index (χ1v) is 8.58. The zero-order chi connectivity index (χ0) is 19.8. The van der Waals surface area contributed by atoms with E-state index in [2.05, 4.69) is 31.8 Å². The maximum absolute atomic E-state index is 13.5. The van der Waals surface area contributed by atoms with Gasteiger partial charge < -0.3 is 10.1 Å². The van der Waals surface area contributed by atoms with Crippen molar-refractivity contribution in [3.8, 4) is 5.75 Å². The summed E-state index contributed by atoms with van der Waals surface area (Å²) >= 11 is 3.29. The van der Waals surface area contributed by atoms with Gasteiger partial charge in [0, 0.05) is 16.3 Å². The Balaban J connectivity index is 1.77. The number of hydrogen-bond acceptors (Lipinski definition) is 4. The number of nitrogens with one attached hydrogen (secondary N) is 2. The molecule has 0 aliphatic carbocycles. The maximum atomic E-state index is 13.5. The molecule has 0 radical (unpaired) electrons. The van der Waals surface area contributed by atoms with Crippen LogP contribution in [0.15, 0.2) is 52.0 Å². The summed E-state index contributed by atoms with van der Waals surface area (Å²) in [4.78, 5) is 23.6. The number of carbonyl (C=O) groups excluding carboxylic acids is 2. The largest absolute Gasteiger partial charge is 0.484 e. The van der Waals surface area contributed by atoms with Crippen LogP contribution >= 0.6 is 15.9 Å². The lowest BCUT2D eigenvalue weighted by Gasteiger charge is -2.07. The average molecular weight is 440 g/mol. The molecule has 27 heavy (non-hydrogen) atoms. The van der Waals surface area contributed by atoms with Crippen LogP contribution in [-0.2, 0) is 9.59 Å². The predicted octanol–water partition coefficient (Wildman–Crippen LogP) is 3.63. The van der Waals surface area contributed by atoms with Gasteiger partial charge in [-0.25, -0.2) is 14.2 Å². The molecule has 0 atom stereocenters. The number of benzene rings is 2. The summed E-state index contributed by atoms with van der Waals surface area (Å²) in [6.07, 6.45) is -0.176. The van der Waals surface area contributed by atoms with Gasteiger partial charge in [0.1, 0.15) is 17.4 Å². The highest BCUT2D eigenvalue weighted by Gasteiger charge is 2.10. The number of ether oxygens (including phenoxy) is 1. The van der Waals surface area contributed by atoms with Crippen molar-refractivity contribution in [1.29, 1.82) is 0 Å². The second-order valence-electron chi connectivity index (χ2n) is 5.47. The quantitative estimate of drug-likeness (QED) is 0.510.